The van der Waals surface area contributed by atoms with Crippen LogP contribution in [0.4, 0.5) is 0 Å². The zero-order valence-electron chi connectivity index (χ0n) is 49.8. The molecule has 0 aromatic carbocycles. The van der Waals surface area contributed by atoms with Gasteiger partial charge in [-0.15, -0.1) is 0 Å². The normalized spacial score (nSPS) is 13.1. The minimum absolute atomic E-state index is 0.0559. The average Bonchev–Trinajstić information content (AvgIpc) is 3.40. The Bertz CT molecular complexity index is 1280. The quantitative estimate of drug-likeness (QED) is 0.0264. The van der Waals surface area contributed by atoms with Gasteiger partial charge in [0.1, 0.15) is 6.61 Å². The molecule has 0 aromatic rings. The third kappa shape index (κ3) is 61.6. The Hall–Kier alpha value is -1.51. The Labute approximate surface area is 465 Å². The third-order valence-electron chi connectivity index (χ3n) is 14.8. The van der Waals surface area contributed by atoms with E-state index in [9.17, 15) is 19.0 Å². The van der Waals surface area contributed by atoms with E-state index in [1.807, 2.05) is 0 Å². The molecule has 0 heterocycles. The summed E-state index contributed by atoms with van der Waals surface area (Å²) in [6.07, 6.45) is 74.1. The van der Waals surface area contributed by atoms with E-state index in [1.54, 1.807) is 0 Å². The number of carbonyl (C=O) groups is 2. The lowest BCUT2D eigenvalue weighted by Crippen LogP contribution is -2.29. The number of nitrogens with two attached hydrogens (primary N) is 1. The van der Waals surface area contributed by atoms with Gasteiger partial charge in [-0.3, -0.25) is 18.6 Å². The molecule has 2 atom stereocenters. The van der Waals surface area contributed by atoms with Gasteiger partial charge in [-0.05, 0) is 64.2 Å². The molecule has 0 saturated carbocycles. The van der Waals surface area contributed by atoms with Crippen LogP contribution in [0.15, 0.2) is 24.3 Å². The smallest absolute Gasteiger partial charge is 0.462 e. The number of rotatable bonds is 63. The lowest BCUT2D eigenvalue weighted by Gasteiger charge is -2.19. The number of phosphoric acid groups is 1. The number of carbonyl (C=O) groups excluding carboxylic acids is 2. The Kier molecular flexibility index (Phi) is 60.5. The standard InChI is InChI=1S/C65H126NO8P/c1-3-5-7-9-11-13-15-17-19-21-23-25-26-27-28-29-30-31-32-33-34-35-36-38-40-42-44-46-48-50-52-54-56-58-65(68)74-63(62-73-75(69,70)72-60-59-66)61-71-64(67)57-55-53-51-49-47-45-43-41-39-37-24-22-20-18-16-14-12-10-8-6-4-2/h21-24,63H,3-20,25-62,66H2,1-2H3,(H,69,70)/b23-21-,24-22-. The molecule has 0 aliphatic rings. The van der Waals surface area contributed by atoms with Crippen LogP contribution < -0.4 is 5.73 Å². The number of hydrogen-bond acceptors (Lipinski definition) is 8. The SMILES string of the molecule is CCCCCCCCCC/C=C\CCCCCCCCCCCCCCCCCCCCCCCC(=O)OC(COC(=O)CCCCCCCCCCC/C=C\CCCCCCCCCC)COP(=O)(O)OCCN. The summed E-state index contributed by atoms with van der Waals surface area (Å²) < 4.78 is 33.1. The highest BCUT2D eigenvalue weighted by Gasteiger charge is 2.26. The van der Waals surface area contributed by atoms with Gasteiger partial charge in [0, 0.05) is 19.4 Å². The highest BCUT2D eigenvalue weighted by atomic mass is 31.2. The van der Waals surface area contributed by atoms with Gasteiger partial charge in [0.05, 0.1) is 13.2 Å². The molecule has 444 valence electrons. The van der Waals surface area contributed by atoms with Crippen molar-refractivity contribution in [1.29, 1.82) is 0 Å². The van der Waals surface area contributed by atoms with Gasteiger partial charge in [-0.2, -0.15) is 0 Å². The largest absolute Gasteiger partial charge is 0.472 e. The number of ether oxygens (including phenoxy) is 2. The number of allylic oxidation sites excluding steroid dienone is 4. The van der Waals surface area contributed by atoms with Crippen molar-refractivity contribution in [2.75, 3.05) is 26.4 Å². The number of hydrogen-bond donors (Lipinski definition) is 2. The summed E-state index contributed by atoms with van der Waals surface area (Å²) in [5.74, 6) is -0.810. The van der Waals surface area contributed by atoms with Crippen LogP contribution in [0, 0.1) is 0 Å². The molecule has 3 N–H and O–H groups in total. The monoisotopic (exact) mass is 1080 g/mol. The van der Waals surface area contributed by atoms with Crippen LogP contribution in [0.2, 0.25) is 0 Å². The van der Waals surface area contributed by atoms with E-state index in [0.717, 1.165) is 32.1 Å². The fourth-order valence-electron chi connectivity index (χ4n) is 9.92. The predicted octanol–water partition coefficient (Wildman–Crippen LogP) is 21.0. The van der Waals surface area contributed by atoms with Gasteiger partial charge in [0.2, 0.25) is 0 Å². The van der Waals surface area contributed by atoms with E-state index in [1.165, 1.54) is 283 Å². The van der Waals surface area contributed by atoms with Crippen LogP contribution >= 0.6 is 7.82 Å². The highest BCUT2D eigenvalue weighted by molar-refractivity contribution is 7.47. The number of unbranched alkanes of at least 4 members (excludes halogenated alkanes) is 46. The van der Waals surface area contributed by atoms with Gasteiger partial charge in [0.25, 0.3) is 0 Å². The second-order valence-electron chi connectivity index (χ2n) is 22.3. The van der Waals surface area contributed by atoms with Gasteiger partial charge in [0.15, 0.2) is 6.10 Å². The van der Waals surface area contributed by atoms with Crippen molar-refractivity contribution in [2.24, 2.45) is 5.73 Å². The second-order valence-corrected chi connectivity index (χ2v) is 23.8. The maximum Gasteiger partial charge on any atom is 0.472 e. The zero-order valence-corrected chi connectivity index (χ0v) is 50.7. The first-order valence-corrected chi connectivity index (χ1v) is 34.3. The molecule has 0 fully saturated rings. The Balaban J connectivity index is 3.83. The van der Waals surface area contributed by atoms with Crippen molar-refractivity contribution in [3.05, 3.63) is 24.3 Å². The van der Waals surface area contributed by atoms with Gasteiger partial charge >= 0.3 is 19.8 Å². The first-order valence-electron chi connectivity index (χ1n) is 32.8. The fraction of sp³-hybridized carbons (Fsp3) is 0.908. The average molecular weight is 1080 g/mol. The van der Waals surface area contributed by atoms with Crippen molar-refractivity contribution >= 4 is 19.8 Å². The maximum absolute atomic E-state index is 12.7. The Morgan fingerprint density at radius 1 is 0.387 bits per heavy atom. The van der Waals surface area contributed by atoms with E-state index in [4.69, 9.17) is 24.3 Å². The first kappa shape index (κ1) is 73.5. The molecular weight excluding hydrogens is 954 g/mol. The predicted molar refractivity (Wildman–Crippen MR) is 321 cm³/mol. The molecule has 2 unspecified atom stereocenters. The molecule has 0 radical (unpaired) electrons. The molecule has 0 spiro atoms. The molecule has 0 amide bonds. The van der Waals surface area contributed by atoms with E-state index >= 15 is 0 Å². The van der Waals surface area contributed by atoms with E-state index < -0.39 is 26.5 Å². The van der Waals surface area contributed by atoms with Crippen molar-refractivity contribution < 1.29 is 37.6 Å². The Morgan fingerprint density at radius 2 is 0.653 bits per heavy atom. The zero-order chi connectivity index (χ0) is 54.5. The molecule has 0 rings (SSSR count). The van der Waals surface area contributed by atoms with Gasteiger partial charge < -0.3 is 20.1 Å². The number of esters is 2. The summed E-state index contributed by atoms with van der Waals surface area (Å²) in [4.78, 5) is 35.3. The molecule has 10 heteroatoms. The summed E-state index contributed by atoms with van der Waals surface area (Å²) in [6.45, 7) is 3.81. The van der Waals surface area contributed by atoms with Crippen LogP contribution in [-0.2, 0) is 32.7 Å². The summed E-state index contributed by atoms with van der Waals surface area (Å²) in [6, 6.07) is 0. The van der Waals surface area contributed by atoms with Crippen molar-refractivity contribution in [2.45, 2.75) is 354 Å². The maximum atomic E-state index is 12.7. The third-order valence-corrected chi connectivity index (χ3v) is 15.8. The van der Waals surface area contributed by atoms with Crippen LogP contribution in [0.3, 0.4) is 0 Å². The molecule has 0 aliphatic heterocycles. The van der Waals surface area contributed by atoms with Gasteiger partial charge in [-0.25, -0.2) is 4.57 Å². The van der Waals surface area contributed by atoms with Gasteiger partial charge in [-0.1, -0.05) is 295 Å². The minimum atomic E-state index is -4.39. The van der Waals surface area contributed by atoms with E-state index in [-0.39, 0.29) is 38.6 Å². The van der Waals surface area contributed by atoms with Crippen LogP contribution in [-0.4, -0.2) is 49.3 Å². The number of phosphoric ester groups is 1. The molecule has 0 bridgehead atoms. The van der Waals surface area contributed by atoms with Crippen molar-refractivity contribution in [3.8, 4) is 0 Å². The van der Waals surface area contributed by atoms with Crippen LogP contribution in [0.25, 0.3) is 0 Å². The fourth-order valence-corrected chi connectivity index (χ4v) is 10.7. The van der Waals surface area contributed by atoms with E-state index in [2.05, 4.69) is 38.2 Å². The minimum Gasteiger partial charge on any atom is -0.462 e. The molecule has 75 heavy (non-hydrogen) atoms. The summed E-state index contributed by atoms with van der Waals surface area (Å²) >= 11 is 0. The summed E-state index contributed by atoms with van der Waals surface area (Å²) in [5, 5.41) is 0. The van der Waals surface area contributed by atoms with Crippen LogP contribution in [0.1, 0.15) is 348 Å². The highest BCUT2D eigenvalue weighted by Crippen LogP contribution is 2.43. The molecule has 9 nitrogen and oxygen atoms in total. The topological polar surface area (TPSA) is 134 Å². The molecule has 0 aliphatic carbocycles. The lowest BCUT2D eigenvalue weighted by atomic mass is 10.0. The second kappa shape index (κ2) is 61.7. The summed E-state index contributed by atoms with van der Waals surface area (Å²) in [5.41, 5.74) is 5.39. The van der Waals surface area contributed by atoms with Crippen molar-refractivity contribution in [3.63, 3.8) is 0 Å². The van der Waals surface area contributed by atoms with Crippen LogP contribution in [0.5, 0.6) is 0 Å². The van der Waals surface area contributed by atoms with Crippen molar-refractivity contribution in [1.82, 2.24) is 0 Å². The lowest BCUT2D eigenvalue weighted by molar-refractivity contribution is -0.161. The van der Waals surface area contributed by atoms with E-state index in [0.29, 0.717) is 6.42 Å². The molecular formula is C65H126NO8P. The molecule has 0 saturated heterocycles. The molecule has 0 aromatic heterocycles. The summed E-state index contributed by atoms with van der Waals surface area (Å²) in [7, 11) is -4.39. The first-order chi connectivity index (χ1) is 36.8. The Morgan fingerprint density at radius 3 is 0.947 bits per heavy atom.